The number of aryl methyl sites for hydroxylation is 3. The van der Waals surface area contributed by atoms with Gasteiger partial charge in [0.1, 0.15) is 5.82 Å². The van der Waals surface area contributed by atoms with E-state index in [0.717, 1.165) is 31.0 Å². The Morgan fingerprint density at radius 1 is 1.39 bits per heavy atom. The van der Waals surface area contributed by atoms with Crippen LogP contribution in [-0.4, -0.2) is 26.3 Å². The second kappa shape index (κ2) is 5.48. The van der Waals surface area contributed by atoms with Crippen molar-refractivity contribution in [3.63, 3.8) is 0 Å². The Morgan fingerprint density at radius 3 is 2.89 bits per heavy atom. The zero-order valence-electron chi connectivity index (χ0n) is 10.7. The molecule has 0 saturated heterocycles. The minimum atomic E-state index is 0.290. The van der Waals surface area contributed by atoms with Gasteiger partial charge in [0, 0.05) is 25.0 Å². The van der Waals surface area contributed by atoms with E-state index in [2.05, 4.69) is 33.4 Å². The number of nitrogen functional groups attached to an aromatic ring is 1. The number of nitrogens with two attached hydrogens (primary N) is 1. The van der Waals surface area contributed by atoms with Gasteiger partial charge in [0.05, 0.1) is 5.69 Å². The van der Waals surface area contributed by atoms with Crippen LogP contribution in [0.4, 0.5) is 11.8 Å². The minimum absolute atomic E-state index is 0.290. The van der Waals surface area contributed by atoms with Gasteiger partial charge in [-0.3, -0.25) is 4.68 Å². The van der Waals surface area contributed by atoms with Crippen LogP contribution in [0.5, 0.6) is 0 Å². The molecule has 0 radical (unpaired) electrons. The fraction of sp³-hybridized carbons (Fsp3) is 0.417. The van der Waals surface area contributed by atoms with E-state index >= 15 is 0 Å². The molecule has 0 bridgehead atoms. The highest BCUT2D eigenvalue weighted by molar-refractivity contribution is 5.36. The summed E-state index contributed by atoms with van der Waals surface area (Å²) in [6, 6.07) is 3.89. The fourth-order valence-corrected chi connectivity index (χ4v) is 1.82. The predicted molar refractivity (Wildman–Crippen MR) is 71.3 cm³/mol. The third kappa shape index (κ3) is 3.19. The lowest BCUT2D eigenvalue weighted by atomic mass is 10.4. The molecule has 2 aromatic heterocycles. The molecule has 0 unspecified atom stereocenters. The Kier molecular flexibility index (Phi) is 3.76. The molecule has 2 aromatic rings. The Bertz CT molecular complexity index is 519. The third-order valence-electron chi connectivity index (χ3n) is 2.63. The Labute approximate surface area is 106 Å². The SMILES string of the molecule is Cc1cc(C)n(CCCNc2ccnc(N)n2)n1. The molecule has 18 heavy (non-hydrogen) atoms. The van der Waals surface area contributed by atoms with Crippen molar-refractivity contribution in [1.82, 2.24) is 19.7 Å². The normalized spacial score (nSPS) is 10.6. The number of nitrogens with one attached hydrogen (secondary N) is 1. The van der Waals surface area contributed by atoms with Gasteiger partial charge >= 0.3 is 0 Å². The molecule has 0 aliphatic carbocycles. The minimum Gasteiger partial charge on any atom is -0.370 e. The molecule has 0 fully saturated rings. The van der Waals surface area contributed by atoms with Crippen LogP contribution in [-0.2, 0) is 6.54 Å². The first-order valence-electron chi connectivity index (χ1n) is 5.98. The smallest absolute Gasteiger partial charge is 0.221 e. The van der Waals surface area contributed by atoms with Gasteiger partial charge in [0.15, 0.2) is 0 Å². The third-order valence-corrected chi connectivity index (χ3v) is 2.63. The maximum atomic E-state index is 5.50. The summed E-state index contributed by atoms with van der Waals surface area (Å²) in [5, 5.41) is 7.62. The Balaban J connectivity index is 1.78. The monoisotopic (exact) mass is 246 g/mol. The van der Waals surface area contributed by atoms with Crippen molar-refractivity contribution in [2.75, 3.05) is 17.6 Å². The van der Waals surface area contributed by atoms with Gasteiger partial charge in [-0.25, -0.2) is 4.98 Å². The molecule has 6 heteroatoms. The number of nitrogens with zero attached hydrogens (tertiary/aromatic N) is 4. The van der Waals surface area contributed by atoms with Gasteiger partial charge in [0.25, 0.3) is 0 Å². The maximum absolute atomic E-state index is 5.50. The summed E-state index contributed by atoms with van der Waals surface area (Å²) >= 11 is 0. The fourth-order valence-electron chi connectivity index (χ4n) is 1.82. The second-order valence-corrected chi connectivity index (χ2v) is 4.23. The summed E-state index contributed by atoms with van der Waals surface area (Å²) in [7, 11) is 0. The van der Waals surface area contributed by atoms with Crippen LogP contribution in [0.15, 0.2) is 18.3 Å². The summed E-state index contributed by atoms with van der Waals surface area (Å²) in [5.74, 6) is 1.05. The molecule has 0 saturated carbocycles. The zero-order valence-corrected chi connectivity index (χ0v) is 10.7. The predicted octanol–water partition coefficient (Wildman–Crippen LogP) is 1.37. The first kappa shape index (κ1) is 12.3. The van der Waals surface area contributed by atoms with Gasteiger partial charge in [-0.15, -0.1) is 0 Å². The summed E-state index contributed by atoms with van der Waals surface area (Å²) in [6.45, 7) is 5.80. The molecular weight excluding hydrogens is 228 g/mol. The van der Waals surface area contributed by atoms with Crippen LogP contribution in [0.3, 0.4) is 0 Å². The molecule has 0 amide bonds. The van der Waals surface area contributed by atoms with E-state index in [-0.39, 0.29) is 0 Å². The molecular formula is C12H18N6. The standard InChI is InChI=1S/C12H18N6/c1-9-8-10(2)18(17-9)7-3-5-14-11-4-6-15-12(13)16-11/h4,6,8H,3,5,7H2,1-2H3,(H3,13,14,15,16). The van der Waals surface area contributed by atoms with E-state index in [1.54, 1.807) is 12.3 Å². The van der Waals surface area contributed by atoms with Gasteiger partial charge in [-0.2, -0.15) is 10.1 Å². The lowest BCUT2D eigenvalue weighted by Crippen LogP contribution is -2.10. The molecule has 0 aliphatic heterocycles. The maximum Gasteiger partial charge on any atom is 0.221 e. The van der Waals surface area contributed by atoms with Crippen LogP contribution in [0.2, 0.25) is 0 Å². The molecule has 96 valence electrons. The van der Waals surface area contributed by atoms with Crippen LogP contribution < -0.4 is 11.1 Å². The van der Waals surface area contributed by atoms with E-state index in [4.69, 9.17) is 5.73 Å². The molecule has 0 aromatic carbocycles. The summed E-state index contributed by atoms with van der Waals surface area (Å²) in [5.41, 5.74) is 7.75. The topological polar surface area (TPSA) is 81.7 Å². The second-order valence-electron chi connectivity index (χ2n) is 4.23. The van der Waals surface area contributed by atoms with Gasteiger partial charge in [-0.1, -0.05) is 0 Å². The zero-order chi connectivity index (χ0) is 13.0. The lowest BCUT2D eigenvalue weighted by Gasteiger charge is -2.07. The number of rotatable bonds is 5. The Hall–Kier alpha value is -2.11. The molecule has 0 aliphatic rings. The number of aromatic nitrogens is 4. The van der Waals surface area contributed by atoms with Gasteiger partial charge < -0.3 is 11.1 Å². The number of anilines is 2. The van der Waals surface area contributed by atoms with Gasteiger partial charge in [0.2, 0.25) is 5.95 Å². The molecule has 0 atom stereocenters. The molecule has 2 heterocycles. The van der Waals surface area contributed by atoms with E-state index in [9.17, 15) is 0 Å². The van der Waals surface area contributed by atoms with Crippen molar-refractivity contribution in [3.8, 4) is 0 Å². The van der Waals surface area contributed by atoms with Crippen molar-refractivity contribution in [1.29, 1.82) is 0 Å². The summed E-state index contributed by atoms with van der Waals surface area (Å²) in [6.07, 6.45) is 2.62. The van der Waals surface area contributed by atoms with E-state index in [1.807, 2.05) is 11.6 Å². The first-order chi connectivity index (χ1) is 8.65. The van der Waals surface area contributed by atoms with Crippen molar-refractivity contribution < 1.29 is 0 Å². The highest BCUT2D eigenvalue weighted by Gasteiger charge is 2.00. The van der Waals surface area contributed by atoms with E-state index < -0.39 is 0 Å². The van der Waals surface area contributed by atoms with Crippen molar-refractivity contribution in [3.05, 3.63) is 29.7 Å². The lowest BCUT2D eigenvalue weighted by molar-refractivity contribution is 0.573. The average Bonchev–Trinajstić information content (AvgIpc) is 2.64. The quantitative estimate of drug-likeness (QED) is 0.779. The van der Waals surface area contributed by atoms with Crippen molar-refractivity contribution in [2.24, 2.45) is 0 Å². The highest BCUT2D eigenvalue weighted by atomic mass is 15.3. The van der Waals surface area contributed by atoms with Crippen molar-refractivity contribution >= 4 is 11.8 Å². The van der Waals surface area contributed by atoms with Crippen LogP contribution in [0.1, 0.15) is 17.8 Å². The molecule has 3 N–H and O–H groups in total. The molecule has 6 nitrogen and oxygen atoms in total. The average molecular weight is 246 g/mol. The molecule has 0 spiro atoms. The molecule has 2 rings (SSSR count). The van der Waals surface area contributed by atoms with Crippen LogP contribution in [0, 0.1) is 13.8 Å². The first-order valence-corrected chi connectivity index (χ1v) is 5.98. The largest absolute Gasteiger partial charge is 0.370 e. The highest BCUT2D eigenvalue weighted by Crippen LogP contribution is 2.05. The van der Waals surface area contributed by atoms with Gasteiger partial charge in [-0.05, 0) is 32.4 Å². The number of hydrogen-bond donors (Lipinski definition) is 2. The summed E-state index contributed by atoms with van der Waals surface area (Å²) in [4.78, 5) is 7.92. The van der Waals surface area contributed by atoms with E-state index in [0.29, 0.717) is 5.95 Å². The Morgan fingerprint density at radius 2 is 2.22 bits per heavy atom. The number of hydrogen-bond acceptors (Lipinski definition) is 5. The van der Waals surface area contributed by atoms with Crippen LogP contribution in [0.25, 0.3) is 0 Å². The van der Waals surface area contributed by atoms with Crippen molar-refractivity contribution in [2.45, 2.75) is 26.8 Å². The van der Waals surface area contributed by atoms with Crippen LogP contribution >= 0.6 is 0 Å². The summed E-state index contributed by atoms with van der Waals surface area (Å²) < 4.78 is 2.02. The van der Waals surface area contributed by atoms with E-state index in [1.165, 1.54) is 5.69 Å².